The van der Waals surface area contributed by atoms with Gasteiger partial charge in [-0.3, -0.25) is 0 Å². The summed E-state index contributed by atoms with van der Waals surface area (Å²) in [5.41, 5.74) is 6.75. The van der Waals surface area contributed by atoms with Crippen LogP contribution in [0.25, 0.3) is 33.0 Å². The van der Waals surface area contributed by atoms with Crippen molar-refractivity contribution in [3.05, 3.63) is 125 Å². The maximum atomic E-state index is 13.4. The van der Waals surface area contributed by atoms with Gasteiger partial charge in [-0.15, -0.1) is 0 Å². The molecule has 5 rings (SSSR count). The molecule has 1 atom stereocenters. The van der Waals surface area contributed by atoms with Gasteiger partial charge in [0.1, 0.15) is 0 Å². The van der Waals surface area contributed by atoms with Crippen LogP contribution in [0.1, 0.15) is 66.0 Å². The minimum absolute atomic E-state index is 0.236. The van der Waals surface area contributed by atoms with Crippen molar-refractivity contribution in [3.63, 3.8) is 0 Å². The summed E-state index contributed by atoms with van der Waals surface area (Å²) in [6.45, 7) is 10.5. The minimum atomic E-state index is -0.442. The van der Waals surface area contributed by atoms with Crippen LogP contribution in [0.3, 0.4) is 0 Å². The molecule has 0 aliphatic carbocycles. The van der Waals surface area contributed by atoms with Crippen molar-refractivity contribution in [2.75, 3.05) is 18.5 Å². The van der Waals surface area contributed by atoms with E-state index in [0.29, 0.717) is 22.3 Å². The molecule has 0 aromatic heterocycles. The van der Waals surface area contributed by atoms with E-state index in [0.717, 1.165) is 39.6 Å². The molecule has 224 valence electrons. The van der Waals surface area contributed by atoms with Crippen LogP contribution in [0.4, 0.5) is 5.69 Å². The summed E-state index contributed by atoms with van der Waals surface area (Å²) in [4.78, 5) is 26.9. The molecule has 0 heterocycles. The van der Waals surface area contributed by atoms with Crippen molar-refractivity contribution in [1.29, 1.82) is 0 Å². The number of anilines is 1. The summed E-state index contributed by atoms with van der Waals surface area (Å²) in [6, 6.07) is 34.1. The van der Waals surface area contributed by atoms with Crippen molar-refractivity contribution >= 4 is 28.4 Å². The van der Waals surface area contributed by atoms with Crippen molar-refractivity contribution in [2.45, 2.75) is 46.6 Å². The first kappa shape index (κ1) is 30.6. The Bertz CT molecular complexity index is 1790. The fourth-order valence-corrected chi connectivity index (χ4v) is 5.61. The van der Waals surface area contributed by atoms with Gasteiger partial charge in [-0.25, -0.2) is 9.59 Å². The fourth-order valence-electron chi connectivity index (χ4n) is 5.61. The zero-order valence-electron chi connectivity index (χ0n) is 26.1. The van der Waals surface area contributed by atoms with Gasteiger partial charge in [-0.2, -0.15) is 0 Å². The highest BCUT2D eigenvalue weighted by atomic mass is 16.5. The predicted octanol–water partition coefficient (Wildman–Crippen LogP) is 9.57. The molecule has 0 bridgehead atoms. The van der Waals surface area contributed by atoms with E-state index in [9.17, 15) is 9.59 Å². The van der Waals surface area contributed by atoms with E-state index in [4.69, 9.17) is 9.47 Å². The number of hydrogen-bond acceptors (Lipinski definition) is 5. The lowest BCUT2D eigenvalue weighted by Crippen LogP contribution is -2.31. The maximum absolute atomic E-state index is 13.4. The Morgan fingerprint density at radius 3 is 1.91 bits per heavy atom. The molecule has 5 heteroatoms. The summed E-state index contributed by atoms with van der Waals surface area (Å²) in [5.74, 6) is -0.882. The standard InChI is InChI=1S/C39H39NO4/c1-6-39(5,40-30-22-16-26(4)17-23-30)29-20-18-28(19-21-29)33-24-36(38(42)44-8-3)34(25-35(33)37(41)43-7-2)32-15-11-13-27-12-9-10-14-31(27)32/h9-25,40H,6-8H2,1-5H3. The first-order valence-electron chi connectivity index (χ1n) is 15.2. The number of hydrogen-bond donors (Lipinski definition) is 1. The SMILES string of the molecule is CCOC(=O)c1cc(-c2cccc3ccccc23)c(C(=O)OCC)cc1-c1ccc(C(C)(CC)Nc2ccc(C)cc2)cc1. The summed E-state index contributed by atoms with van der Waals surface area (Å²) >= 11 is 0. The van der Waals surface area contributed by atoms with Gasteiger partial charge in [0.05, 0.1) is 29.9 Å². The zero-order chi connectivity index (χ0) is 31.3. The van der Waals surface area contributed by atoms with E-state index in [1.54, 1.807) is 26.0 Å². The molecule has 5 nitrogen and oxygen atoms in total. The lowest BCUT2D eigenvalue weighted by Gasteiger charge is -2.32. The molecular weight excluding hydrogens is 546 g/mol. The second kappa shape index (κ2) is 13.2. The number of rotatable bonds is 10. The van der Waals surface area contributed by atoms with Crippen LogP contribution in [0.5, 0.6) is 0 Å². The van der Waals surface area contributed by atoms with E-state index in [1.807, 2.05) is 54.6 Å². The average Bonchev–Trinajstić information content (AvgIpc) is 3.05. The van der Waals surface area contributed by atoms with Gasteiger partial charge < -0.3 is 14.8 Å². The molecule has 0 saturated heterocycles. The molecule has 1 unspecified atom stereocenters. The topological polar surface area (TPSA) is 64.6 Å². The number of aryl methyl sites for hydroxylation is 1. The van der Waals surface area contributed by atoms with E-state index in [-0.39, 0.29) is 18.8 Å². The number of benzene rings is 5. The highest BCUT2D eigenvalue weighted by Gasteiger charge is 2.26. The Kier molecular flexibility index (Phi) is 9.15. The number of esters is 2. The third-order valence-corrected chi connectivity index (χ3v) is 8.24. The minimum Gasteiger partial charge on any atom is -0.462 e. The van der Waals surface area contributed by atoms with Crippen LogP contribution < -0.4 is 5.32 Å². The lowest BCUT2D eigenvalue weighted by molar-refractivity contribution is 0.0513. The smallest absolute Gasteiger partial charge is 0.338 e. The van der Waals surface area contributed by atoms with E-state index < -0.39 is 11.9 Å². The summed E-state index contributed by atoms with van der Waals surface area (Å²) in [5, 5.41) is 5.71. The first-order valence-corrected chi connectivity index (χ1v) is 15.2. The predicted molar refractivity (Wildman–Crippen MR) is 179 cm³/mol. The molecule has 5 aromatic rings. The van der Waals surface area contributed by atoms with Gasteiger partial charge in [-0.05, 0) is 97.0 Å². The third kappa shape index (κ3) is 6.23. The van der Waals surface area contributed by atoms with Crippen LogP contribution in [-0.4, -0.2) is 25.2 Å². The van der Waals surface area contributed by atoms with Gasteiger partial charge in [0, 0.05) is 5.69 Å². The number of ether oxygens (including phenoxy) is 2. The van der Waals surface area contributed by atoms with Crippen molar-refractivity contribution in [2.24, 2.45) is 0 Å². The molecule has 1 N–H and O–H groups in total. The monoisotopic (exact) mass is 585 g/mol. The number of carbonyl (C=O) groups is 2. The van der Waals surface area contributed by atoms with E-state index >= 15 is 0 Å². The van der Waals surface area contributed by atoms with Crippen LogP contribution >= 0.6 is 0 Å². The Balaban J connectivity index is 1.65. The van der Waals surface area contributed by atoms with Gasteiger partial charge in [0.2, 0.25) is 0 Å². The highest BCUT2D eigenvalue weighted by Crippen LogP contribution is 2.38. The average molecular weight is 586 g/mol. The maximum Gasteiger partial charge on any atom is 0.338 e. The number of nitrogens with one attached hydrogen (secondary N) is 1. The molecule has 0 aliphatic rings. The van der Waals surface area contributed by atoms with Crippen LogP contribution in [0.15, 0.2) is 103 Å². The Morgan fingerprint density at radius 2 is 1.27 bits per heavy atom. The van der Waals surface area contributed by atoms with Gasteiger partial charge in [0.25, 0.3) is 0 Å². The Labute approximate surface area is 259 Å². The molecule has 0 aliphatic heterocycles. The van der Waals surface area contributed by atoms with E-state index in [2.05, 4.69) is 62.5 Å². The summed E-state index contributed by atoms with van der Waals surface area (Å²) in [7, 11) is 0. The van der Waals surface area contributed by atoms with E-state index in [1.165, 1.54) is 5.56 Å². The highest BCUT2D eigenvalue weighted by molar-refractivity contribution is 6.08. The molecule has 0 amide bonds. The second-order valence-corrected chi connectivity index (χ2v) is 11.2. The number of carbonyl (C=O) groups excluding carboxylic acids is 2. The van der Waals surface area contributed by atoms with Crippen molar-refractivity contribution in [3.8, 4) is 22.3 Å². The normalized spacial score (nSPS) is 12.4. The largest absolute Gasteiger partial charge is 0.462 e. The molecule has 44 heavy (non-hydrogen) atoms. The molecule has 0 radical (unpaired) electrons. The van der Waals surface area contributed by atoms with Crippen LogP contribution in [0.2, 0.25) is 0 Å². The van der Waals surface area contributed by atoms with Crippen molar-refractivity contribution in [1.82, 2.24) is 0 Å². The Hall–Kier alpha value is -4.90. The third-order valence-electron chi connectivity index (χ3n) is 8.24. The Morgan fingerprint density at radius 1 is 0.682 bits per heavy atom. The van der Waals surface area contributed by atoms with Gasteiger partial charge >= 0.3 is 11.9 Å². The fraction of sp³-hybridized carbons (Fsp3) is 0.231. The molecular formula is C39H39NO4. The molecule has 5 aromatic carbocycles. The zero-order valence-corrected chi connectivity index (χ0v) is 26.1. The molecule has 0 spiro atoms. The first-order chi connectivity index (χ1) is 21.3. The quantitative estimate of drug-likeness (QED) is 0.165. The van der Waals surface area contributed by atoms with Crippen molar-refractivity contribution < 1.29 is 19.1 Å². The second-order valence-electron chi connectivity index (χ2n) is 11.2. The van der Waals surface area contributed by atoms with Gasteiger partial charge in [0.15, 0.2) is 0 Å². The molecule has 0 saturated carbocycles. The lowest BCUT2D eigenvalue weighted by atomic mass is 9.86. The van der Waals surface area contributed by atoms with Crippen LogP contribution in [0, 0.1) is 6.92 Å². The number of fused-ring (bicyclic) bond motifs is 1. The van der Waals surface area contributed by atoms with Gasteiger partial charge in [-0.1, -0.05) is 91.3 Å². The summed E-state index contributed by atoms with van der Waals surface area (Å²) < 4.78 is 11.0. The van der Waals surface area contributed by atoms with Crippen LogP contribution in [-0.2, 0) is 15.0 Å². The summed E-state index contributed by atoms with van der Waals surface area (Å²) in [6.07, 6.45) is 0.862. The molecule has 0 fully saturated rings.